The first-order chi connectivity index (χ1) is 16.9. The number of piperidine rings is 1. The molecule has 3 aliphatic rings. The molecule has 1 amide bonds. The molecule has 8 nitrogen and oxygen atoms in total. The van der Waals surface area contributed by atoms with Gasteiger partial charge in [-0.3, -0.25) is 4.79 Å². The lowest BCUT2D eigenvalue weighted by molar-refractivity contribution is 0.102. The summed E-state index contributed by atoms with van der Waals surface area (Å²) in [6.45, 7) is 4.03. The zero-order valence-electron chi connectivity index (χ0n) is 20.0. The van der Waals surface area contributed by atoms with Gasteiger partial charge in [-0.2, -0.15) is 5.10 Å². The van der Waals surface area contributed by atoms with Crippen molar-refractivity contribution >= 4 is 38.2 Å². The normalized spacial score (nSPS) is 22.0. The van der Waals surface area contributed by atoms with Gasteiger partial charge >= 0.3 is 0 Å². The topological polar surface area (TPSA) is 97.2 Å². The molecule has 1 aromatic carbocycles. The van der Waals surface area contributed by atoms with Crippen LogP contribution in [0.2, 0.25) is 0 Å². The van der Waals surface area contributed by atoms with Crippen molar-refractivity contribution in [3.05, 3.63) is 47.3 Å². The number of nitrogens with zero attached hydrogens (tertiary/aromatic N) is 4. The molecule has 1 unspecified atom stereocenters. The Hall–Kier alpha value is -2.94. The Balaban J connectivity index is 1.32. The highest BCUT2D eigenvalue weighted by atomic mass is 32.2. The molecule has 9 heteroatoms. The van der Waals surface area contributed by atoms with E-state index >= 15 is 0 Å². The highest BCUT2D eigenvalue weighted by Crippen LogP contribution is 2.41. The lowest BCUT2D eigenvalue weighted by Gasteiger charge is -2.28. The Kier molecular flexibility index (Phi) is 5.55. The first-order valence-electron chi connectivity index (χ1n) is 12.6. The summed E-state index contributed by atoms with van der Waals surface area (Å²) in [6, 6.07) is 9.73. The molecule has 2 saturated heterocycles. The number of hydrogen-bond acceptors (Lipinski definition) is 6. The van der Waals surface area contributed by atoms with Gasteiger partial charge in [-0.25, -0.2) is 18.1 Å². The van der Waals surface area contributed by atoms with Crippen LogP contribution in [0.4, 0.5) is 11.4 Å². The standard InChI is InChI=1S/C26H31N5O3S/c1-17-24-22(26(32)27-19-7-9-20(10-8-19)30-12-3-2-4-13-30)15-23(18-5-6-18)28-25(24)31(29-17)21-11-14-35(33,34)16-21/h7-10,15,18,21H,2-6,11-14,16H2,1H3,(H,27,32). The van der Waals surface area contributed by atoms with E-state index in [1.165, 1.54) is 24.9 Å². The molecule has 4 heterocycles. The largest absolute Gasteiger partial charge is 0.372 e. The fraction of sp³-hybridized carbons (Fsp3) is 0.500. The monoisotopic (exact) mass is 493 g/mol. The Morgan fingerprint density at radius 2 is 1.80 bits per heavy atom. The van der Waals surface area contributed by atoms with Crippen LogP contribution in [-0.2, 0) is 9.84 Å². The molecule has 3 fully saturated rings. The Morgan fingerprint density at radius 3 is 2.46 bits per heavy atom. The lowest BCUT2D eigenvalue weighted by Crippen LogP contribution is -2.29. The molecule has 1 N–H and O–H groups in total. The quantitative estimate of drug-likeness (QED) is 0.572. The molecule has 0 bridgehead atoms. The van der Waals surface area contributed by atoms with Crippen molar-refractivity contribution in [3.8, 4) is 0 Å². The minimum absolute atomic E-state index is 0.0729. The van der Waals surface area contributed by atoms with E-state index < -0.39 is 9.84 Å². The molecule has 6 rings (SSSR count). The number of aryl methyl sites for hydroxylation is 1. The minimum atomic E-state index is -3.07. The number of carbonyl (C=O) groups excluding carboxylic acids is 1. The van der Waals surface area contributed by atoms with E-state index in [0.29, 0.717) is 34.6 Å². The molecule has 3 aromatic rings. The highest BCUT2D eigenvalue weighted by Gasteiger charge is 2.34. The molecular formula is C26H31N5O3S. The van der Waals surface area contributed by atoms with Gasteiger partial charge < -0.3 is 10.2 Å². The van der Waals surface area contributed by atoms with Crippen LogP contribution in [0.5, 0.6) is 0 Å². The molecule has 0 spiro atoms. The summed E-state index contributed by atoms with van der Waals surface area (Å²) in [5.41, 5.74) is 4.71. The molecule has 2 aliphatic heterocycles. The van der Waals surface area contributed by atoms with E-state index in [9.17, 15) is 13.2 Å². The maximum atomic E-state index is 13.5. The Labute approximate surface area is 205 Å². The van der Waals surface area contributed by atoms with E-state index in [4.69, 9.17) is 4.98 Å². The summed E-state index contributed by atoms with van der Waals surface area (Å²) in [6.07, 6.45) is 6.38. The van der Waals surface area contributed by atoms with E-state index in [0.717, 1.165) is 37.3 Å². The van der Waals surface area contributed by atoms with E-state index in [1.807, 2.05) is 25.1 Å². The second kappa shape index (κ2) is 8.62. The van der Waals surface area contributed by atoms with Gasteiger partial charge in [0.05, 0.1) is 34.2 Å². The number of sulfone groups is 1. The van der Waals surface area contributed by atoms with Gasteiger partial charge in [0, 0.05) is 36.1 Å². The molecule has 0 radical (unpaired) electrons. The van der Waals surface area contributed by atoms with E-state index in [1.54, 1.807) is 4.68 Å². The number of rotatable bonds is 5. The van der Waals surface area contributed by atoms with Crippen molar-refractivity contribution in [2.24, 2.45) is 0 Å². The van der Waals surface area contributed by atoms with Gasteiger partial charge in [0.15, 0.2) is 15.5 Å². The van der Waals surface area contributed by atoms with Crippen molar-refractivity contribution in [1.29, 1.82) is 0 Å². The number of fused-ring (bicyclic) bond motifs is 1. The number of nitrogens with one attached hydrogen (secondary N) is 1. The minimum Gasteiger partial charge on any atom is -0.372 e. The van der Waals surface area contributed by atoms with Crippen molar-refractivity contribution < 1.29 is 13.2 Å². The van der Waals surface area contributed by atoms with Crippen LogP contribution in [0.1, 0.15) is 72.2 Å². The van der Waals surface area contributed by atoms with Crippen LogP contribution in [-0.4, -0.2) is 53.7 Å². The number of benzene rings is 1. The van der Waals surface area contributed by atoms with Crippen LogP contribution in [0.15, 0.2) is 30.3 Å². The zero-order valence-corrected chi connectivity index (χ0v) is 20.9. The third-order valence-corrected chi connectivity index (χ3v) is 9.25. The first kappa shape index (κ1) is 22.5. The lowest BCUT2D eigenvalue weighted by atomic mass is 10.1. The van der Waals surface area contributed by atoms with E-state index in [-0.39, 0.29) is 23.5 Å². The summed E-state index contributed by atoms with van der Waals surface area (Å²) < 4.78 is 26.0. The number of carbonyl (C=O) groups is 1. The smallest absolute Gasteiger partial charge is 0.256 e. The number of anilines is 2. The number of pyridine rings is 1. The summed E-state index contributed by atoms with van der Waals surface area (Å²) in [5.74, 6) is 0.405. The van der Waals surface area contributed by atoms with Gasteiger partial charge in [0.25, 0.3) is 5.91 Å². The predicted molar refractivity (Wildman–Crippen MR) is 137 cm³/mol. The van der Waals surface area contributed by atoms with Gasteiger partial charge in [-0.05, 0) is 75.8 Å². The average Bonchev–Trinajstić information content (AvgIpc) is 3.58. The number of aromatic nitrogens is 3. The maximum absolute atomic E-state index is 13.5. The summed E-state index contributed by atoms with van der Waals surface area (Å²) in [5, 5.41) is 8.45. The second-order valence-electron chi connectivity index (χ2n) is 10.2. The SMILES string of the molecule is Cc1nn(C2CCS(=O)(=O)C2)c2nc(C3CC3)cc(C(=O)Nc3ccc(N4CCCCC4)cc3)c12. The number of amides is 1. The van der Waals surface area contributed by atoms with E-state index in [2.05, 4.69) is 27.4 Å². The molecule has 184 valence electrons. The van der Waals surface area contributed by atoms with Crippen molar-refractivity contribution in [1.82, 2.24) is 14.8 Å². The van der Waals surface area contributed by atoms with Gasteiger partial charge in [-0.15, -0.1) is 0 Å². The van der Waals surface area contributed by atoms with Crippen LogP contribution in [0, 0.1) is 6.92 Å². The van der Waals surface area contributed by atoms with Crippen LogP contribution in [0.3, 0.4) is 0 Å². The van der Waals surface area contributed by atoms with Crippen LogP contribution >= 0.6 is 0 Å². The first-order valence-corrected chi connectivity index (χ1v) is 14.5. The van der Waals surface area contributed by atoms with Crippen LogP contribution in [0.25, 0.3) is 11.0 Å². The third-order valence-electron chi connectivity index (χ3n) is 7.50. The van der Waals surface area contributed by atoms with Gasteiger partial charge in [0.1, 0.15) is 0 Å². The molecule has 2 aromatic heterocycles. The Bertz CT molecular complexity index is 1390. The fourth-order valence-corrected chi connectivity index (χ4v) is 7.12. The zero-order chi connectivity index (χ0) is 24.2. The molecule has 35 heavy (non-hydrogen) atoms. The van der Waals surface area contributed by atoms with Gasteiger partial charge in [-0.1, -0.05) is 0 Å². The average molecular weight is 494 g/mol. The summed E-state index contributed by atoms with van der Waals surface area (Å²) in [7, 11) is -3.07. The predicted octanol–water partition coefficient (Wildman–Crippen LogP) is 4.22. The number of hydrogen-bond donors (Lipinski definition) is 1. The molecule has 1 atom stereocenters. The highest BCUT2D eigenvalue weighted by molar-refractivity contribution is 7.91. The van der Waals surface area contributed by atoms with Gasteiger partial charge in [0.2, 0.25) is 0 Å². The molecular weight excluding hydrogens is 462 g/mol. The van der Waals surface area contributed by atoms with Crippen molar-refractivity contribution in [2.75, 3.05) is 34.8 Å². The fourth-order valence-electron chi connectivity index (χ4n) is 5.43. The maximum Gasteiger partial charge on any atom is 0.256 e. The van der Waals surface area contributed by atoms with Crippen molar-refractivity contribution in [2.45, 2.75) is 57.4 Å². The summed E-state index contributed by atoms with van der Waals surface area (Å²) >= 11 is 0. The third kappa shape index (κ3) is 4.42. The van der Waals surface area contributed by atoms with Crippen molar-refractivity contribution in [3.63, 3.8) is 0 Å². The molecule has 1 saturated carbocycles. The molecule has 1 aliphatic carbocycles. The second-order valence-corrected chi connectivity index (χ2v) is 12.4. The summed E-state index contributed by atoms with van der Waals surface area (Å²) in [4.78, 5) is 20.8. The Morgan fingerprint density at radius 1 is 1.06 bits per heavy atom. The van der Waals surface area contributed by atoms with Crippen LogP contribution < -0.4 is 10.2 Å².